The van der Waals surface area contributed by atoms with E-state index in [1.165, 1.54) is 45.2 Å². The highest BCUT2D eigenvalue weighted by atomic mass is 16.5. The number of hydrogen-bond donors (Lipinski definition) is 0. The Morgan fingerprint density at radius 2 is 1.69 bits per heavy atom. The van der Waals surface area contributed by atoms with Gasteiger partial charge in [0, 0.05) is 5.92 Å². The lowest BCUT2D eigenvalue weighted by molar-refractivity contribution is 0.369. The van der Waals surface area contributed by atoms with Crippen molar-refractivity contribution in [1.29, 1.82) is 0 Å². The van der Waals surface area contributed by atoms with Crippen molar-refractivity contribution in [2.45, 2.75) is 59.8 Å². The molecule has 0 saturated heterocycles. The van der Waals surface area contributed by atoms with Crippen LogP contribution in [0.5, 0.6) is 5.75 Å². The van der Waals surface area contributed by atoms with Crippen molar-refractivity contribution in [3.05, 3.63) is 94.8 Å². The molecule has 0 saturated carbocycles. The Morgan fingerprint density at radius 3 is 2.28 bits per heavy atom. The molecule has 0 radical (unpaired) electrons. The molecule has 3 rings (SSSR count). The second-order valence-corrected chi connectivity index (χ2v) is 9.17. The molecule has 0 N–H and O–H groups in total. The third-order valence-electron chi connectivity index (χ3n) is 6.62. The number of hydrogen-bond acceptors (Lipinski definition) is 1. The number of rotatable bonds is 6. The molecule has 0 amide bonds. The predicted octanol–water partition coefficient (Wildman–Crippen LogP) is 7.80. The number of aryl methyl sites for hydroxylation is 3. The Hall–Kier alpha value is -2.54. The van der Waals surface area contributed by atoms with Gasteiger partial charge >= 0.3 is 0 Å². The normalized spacial score (nSPS) is 16.3. The molecular formula is C28H34O. The fourth-order valence-corrected chi connectivity index (χ4v) is 4.46. The molecule has 152 valence electrons. The average molecular weight is 387 g/mol. The minimum absolute atomic E-state index is 0.0151. The maximum atomic E-state index is 5.63. The van der Waals surface area contributed by atoms with E-state index in [1.807, 2.05) is 0 Å². The van der Waals surface area contributed by atoms with Crippen LogP contribution in [0, 0.1) is 26.7 Å². The van der Waals surface area contributed by atoms with E-state index in [2.05, 4.69) is 104 Å². The molecule has 0 heterocycles. The van der Waals surface area contributed by atoms with Crippen LogP contribution < -0.4 is 4.74 Å². The van der Waals surface area contributed by atoms with Gasteiger partial charge in [-0.1, -0.05) is 76.3 Å². The minimum Gasteiger partial charge on any atom is -0.466 e. The van der Waals surface area contributed by atoms with E-state index in [0.717, 1.165) is 5.75 Å². The molecule has 0 bridgehead atoms. The first-order valence-corrected chi connectivity index (χ1v) is 10.6. The van der Waals surface area contributed by atoms with Crippen LogP contribution in [0.4, 0.5) is 0 Å². The van der Waals surface area contributed by atoms with Crippen LogP contribution in [-0.4, -0.2) is 0 Å². The van der Waals surface area contributed by atoms with Crippen LogP contribution in [-0.2, 0) is 5.41 Å². The Bertz CT molecular complexity index is 962. The van der Waals surface area contributed by atoms with Gasteiger partial charge in [0.15, 0.2) is 0 Å². The van der Waals surface area contributed by atoms with Gasteiger partial charge in [0.05, 0.1) is 6.26 Å². The first kappa shape index (κ1) is 21.2. The lowest BCUT2D eigenvalue weighted by Gasteiger charge is -2.34. The highest BCUT2D eigenvalue weighted by molar-refractivity contribution is 5.81. The lowest BCUT2D eigenvalue weighted by atomic mass is 9.71. The van der Waals surface area contributed by atoms with Crippen molar-refractivity contribution >= 4 is 5.57 Å². The van der Waals surface area contributed by atoms with Crippen LogP contribution in [0.25, 0.3) is 5.57 Å². The molecule has 2 aromatic rings. The van der Waals surface area contributed by atoms with Crippen LogP contribution in [0.3, 0.4) is 0 Å². The number of ether oxygens (including phenoxy) is 1. The Morgan fingerprint density at radius 1 is 1.03 bits per heavy atom. The zero-order chi connectivity index (χ0) is 21.3. The van der Waals surface area contributed by atoms with Crippen molar-refractivity contribution in [2.24, 2.45) is 5.92 Å². The van der Waals surface area contributed by atoms with Crippen LogP contribution in [0.1, 0.15) is 67.0 Å². The Labute approximate surface area is 176 Å². The molecule has 1 aliphatic carbocycles. The maximum Gasteiger partial charge on any atom is 0.126 e. The molecule has 29 heavy (non-hydrogen) atoms. The fraction of sp³-hybridized carbons (Fsp3) is 0.357. The van der Waals surface area contributed by atoms with Crippen LogP contribution >= 0.6 is 0 Å². The smallest absolute Gasteiger partial charge is 0.126 e. The van der Waals surface area contributed by atoms with Gasteiger partial charge < -0.3 is 4.74 Å². The summed E-state index contributed by atoms with van der Waals surface area (Å²) in [7, 11) is 0. The second-order valence-electron chi connectivity index (χ2n) is 9.17. The molecule has 0 fully saturated rings. The van der Waals surface area contributed by atoms with Gasteiger partial charge in [0.25, 0.3) is 0 Å². The first-order valence-electron chi connectivity index (χ1n) is 10.6. The zero-order valence-corrected chi connectivity index (χ0v) is 19.0. The van der Waals surface area contributed by atoms with Gasteiger partial charge in [0.1, 0.15) is 5.75 Å². The fourth-order valence-electron chi connectivity index (χ4n) is 4.46. The van der Waals surface area contributed by atoms with Crippen molar-refractivity contribution in [3.8, 4) is 5.75 Å². The standard InChI is InChI=1S/C28H34O/c1-9-29-22-13-14-24(26(17-22)28(7,8)18(2)3)23-11-10-12-25(23)27-20(5)15-19(4)16-21(27)6/h9-18,25H,1H2,2-8H3. The minimum atomic E-state index is 0.0151. The molecule has 1 nitrogen and oxygen atoms in total. The van der Waals surface area contributed by atoms with Gasteiger partial charge in [-0.3, -0.25) is 0 Å². The predicted molar refractivity (Wildman–Crippen MR) is 126 cm³/mol. The van der Waals surface area contributed by atoms with Crippen LogP contribution in [0.2, 0.25) is 0 Å². The zero-order valence-electron chi connectivity index (χ0n) is 19.0. The Kier molecular flexibility index (Phi) is 5.89. The van der Waals surface area contributed by atoms with Gasteiger partial charge in [0.2, 0.25) is 0 Å². The van der Waals surface area contributed by atoms with Crippen molar-refractivity contribution in [3.63, 3.8) is 0 Å². The summed E-state index contributed by atoms with van der Waals surface area (Å²) in [5, 5.41) is 0. The first-order chi connectivity index (χ1) is 13.7. The quantitative estimate of drug-likeness (QED) is 0.460. The van der Waals surface area contributed by atoms with Gasteiger partial charge in [-0.05, 0) is 77.6 Å². The molecule has 0 aromatic heterocycles. The molecule has 1 unspecified atom stereocenters. The Balaban J connectivity index is 2.17. The third kappa shape index (κ3) is 3.96. The van der Waals surface area contributed by atoms with E-state index in [-0.39, 0.29) is 11.3 Å². The summed E-state index contributed by atoms with van der Waals surface area (Å²) in [5.74, 6) is 1.62. The molecule has 0 aliphatic heterocycles. The van der Waals surface area contributed by atoms with Crippen molar-refractivity contribution < 1.29 is 4.74 Å². The van der Waals surface area contributed by atoms with E-state index >= 15 is 0 Å². The molecule has 1 atom stereocenters. The van der Waals surface area contributed by atoms with Gasteiger partial charge in [-0.2, -0.15) is 0 Å². The summed E-state index contributed by atoms with van der Waals surface area (Å²) in [6.07, 6.45) is 8.32. The van der Waals surface area contributed by atoms with Crippen molar-refractivity contribution in [2.75, 3.05) is 0 Å². The summed E-state index contributed by atoms with van der Waals surface area (Å²) in [6, 6.07) is 11.1. The average Bonchev–Trinajstić information content (AvgIpc) is 3.10. The van der Waals surface area contributed by atoms with E-state index in [9.17, 15) is 0 Å². The van der Waals surface area contributed by atoms with Gasteiger partial charge in [-0.15, -0.1) is 0 Å². The second kappa shape index (κ2) is 8.06. The summed E-state index contributed by atoms with van der Waals surface area (Å²) >= 11 is 0. The molecular weight excluding hydrogens is 352 g/mol. The van der Waals surface area contributed by atoms with E-state index in [4.69, 9.17) is 4.74 Å². The van der Waals surface area contributed by atoms with E-state index in [0.29, 0.717) is 5.92 Å². The molecule has 0 spiro atoms. The maximum absolute atomic E-state index is 5.63. The largest absolute Gasteiger partial charge is 0.466 e. The van der Waals surface area contributed by atoms with E-state index < -0.39 is 0 Å². The molecule has 1 heteroatoms. The summed E-state index contributed by atoms with van der Waals surface area (Å²) in [4.78, 5) is 0. The number of allylic oxidation sites excluding steroid dienone is 4. The highest BCUT2D eigenvalue weighted by Gasteiger charge is 2.31. The summed E-state index contributed by atoms with van der Waals surface area (Å²) < 4.78 is 5.63. The monoisotopic (exact) mass is 386 g/mol. The SMILES string of the molecule is C=COc1ccc(C2=CC=CC2c2c(C)cc(C)cc2C)c(C(C)(C)C(C)C)c1. The molecule has 2 aromatic carbocycles. The van der Waals surface area contributed by atoms with Gasteiger partial charge in [-0.25, -0.2) is 0 Å². The van der Waals surface area contributed by atoms with E-state index in [1.54, 1.807) is 0 Å². The topological polar surface area (TPSA) is 9.23 Å². The lowest BCUT2D eigenvalue weighted by Crippen LogP contribution is -2.26. The van der Waals surface area contributed by atoms with Crippen LogP contribution in [0.15, 0.2) is 61.4 Å². The summed E-state index contributed by atoms with van der Waals surface area (Å²) in [5.41, 5.74) is 9.50. The highest BCUT2D eigenvalue weighted by Crippen LogP contribution is 2.45. The molecule has 1 aliphatic rings. The summed E-state index contributed by atoms with van der Waals surface area (Å²) in [6.45, 7) is 19.6. The van der Waals surface area contributed by atoms with Crippen molar-refractivity contribution in [1.82, 2.24) is 0 Å². The number of benzene rings is 2. The third-order valence-corrected chi connectivity index (χ3v) is 6.62.